The van der Waals surface area contributed by atoms with Gasteiger partial charge in [-0.3, -0.25) is 4.79 Å². The smallest absolute Gasteiger partial charge is 0.322 e. The Kier molecular flexibility index (Phi) is 8.73. The van der Waals surface area contributed by atoms with E-state index in [0.29, 0.717) is 10.2 Å². The average Bonchev–Trinajstić information content (AvgIpc) is 2.61. The minimum absolute atomic E-state index is 0.294. The molecule has 26 heavy (non-hydrogen) atoms. The van der Waals surface area contributed by atoms with Gasteiger partial charge in [-0.25, -0.2) is 0 Å². The van der Waals surface area contributed by atoms with Crippen LogP contribution in [-0.4, -0.2) is 26.6 Å². The number of halogens is 5. The van der Waals surface area contributed by atoms with E-state index in [-0.39, 0.29) is 5.69 Å². The quantitative estimate of drug-likeness (QED) is 0.476. The number of hydrogen-bond donors (Lipinski definition) is 1. The molecule has 5 nitrogen and oxygen atoms in total. The van der Waals surface area contributed by atoms with E-state index in [1.165, 1.54) is 19.2 Å². The second-order valence-corrected chi connectivity index (χ2v) is 6.34. The van der Waals surface area contributed by atoms with E-state index < -0.39 is 17.5 Å². The molecule has 2 rings (SSSR count). The molecule has 142 valence electrons. The predicted octanol–water partition coefficient (Wildman–Crippen LogP) is 4.98. The molecule has 0 atom stereocenters. The lowest BCUT2D eigenvalue weighted by molar-refractivity contribution is -0.131. The van der Waals surface area contributed by atoms with Gasteiger partial charge in [0.25, 0.3) is 0 Å². The molecule has 0 heterocycles. The van der Waals surface area contributed by atoms with Crippen LogP contribution in [0.15, 0.2) is 45.3 Å². The highest BCUT2D eigenvalue weighted by molar-refractivity contribution is 9.10. The van der Waals surface area contributed by atoms with Gasteiger partial charge in [-0.05, 0) is 68.3 Å². The molecule has 2 aromatic carbocycles. The van der Waals surface area contributed by atoms with Gasteiger partial charge in [0.2, 0.25) is 0 Å². The van der Waals surface area contributed by atoms with Gasteiger partial charge in [-0.1, -0.05) is 4.48 Å². The number of carbonyl (C=O) groups excluding carboxylic acids is 1. The lowest BCUT2D eigenvalue weighted by Gasteiger charge is -2.12. The summed E-state index contributed by atoms with van der Waals surface area (Å²) in [5, 5.41) is -0.602. The predicted molar refractivity (Wildman–Crippen MR) is 100 cm³/mol. The number of methoxy groups -OCH3 is 2. The average molecular weight is 500 g/mol. The number of amides is 1. The zero-order valence-electron chi connectivity index (χ0n) is 13.7. The molecule has 2 N–H and O–H groups in total. The molecule has 10 heteroatoms. The van der Waals surface area contributed by atoms with E-state index in [4.69, 9.17) is 15.2 Å². The third kappa shape index (κ3) is 6.10. The monoisotopic (exact) mass is 498 g/mol. The number of alkyl halides is 2. The molecule has 0 aliphatic carbocycles. The highest BCUT2D eigenvalue weighted by atomic mass is 79.9. The first-order valence-electron chi connectivity index (χ1n) is 6.91. The summed E-state index contributed by atoms with van der Waals surface area (Å²) < 4.78 is 48.1. The highest BCUT2D eigenvalue weighted by Crippen LogP contribution is 2.30. The highest BCUT2D eigenvalue weighted by Gasteiger charge is 2.25. The van der Waals surface area contributed by atoms with Crippen molar-refractivity contribution in [1.29, 1.82) is 0 Å². The van der Waals surface area contributed by atoms with E-state index in [9.17, 15) is 18.1 Å². The van der Waals surface area contributed by atoms with E-state index >= 15 is 0 Å². The molecule has 0 aliphatic heterocycles. The Balaban J connectivity index is 0.000000289. The number of ether oxygens (including phenoxy) is 2. The van der Waals surface area contributed by atoms with Crippen LogP contribution in [0.4, 0.5) is 24.6 Å². The Hall–Kier alpha value is -1.94. The van der Waals surface area contributed by atoms with Gasteiger partial charge in [0.05, 0.1) is 28.9 Å². The van der Waals surface area contributed by atoms with Crippen LogP contribution in [0.3, 0.4) is 0 Å². The number of benzene rings is 2. The second-order valence-electron chi connectivity index (χ2n) is 4.63. The zero-order chi connectivity index (χ0) is 19.9. The first-order valence-corrected chi connectivity index (χ1v) is 8.50. The standard InChI is InChI=1S/C9H7BrF3NO2.C7H8BrNO/c1-16-7-3-2-5(4-6(7)10)14(13)9(15)8(11)12;1-10-7-3-2-5(9)4-6(7)8/h2-4,8H,1H3;2-4H,9H2,1H3. The number of nitrogens with two attached hydrogens (primary N) is 1. The fourth-order valence-electron chi connectivity index (χ4n) is 1.67. The van der Waals surface area contributed by atoms with Crippen LogP contribution in [0.5, 0.6) is 11.5 Å². The Morgan fingerprint density at radius 1 is 1.04 bits per heavy atom. The SMILES string of the molecule is COc1ccc(N(F)C(=O)C(F)F)cc1Br.COc1ccc(N)cc1Br. The molecular formula is C16H15Br2F3N2O3. The summed E-state index contributed by atoms with van der Waals surface area (Å²) in [5.74, 6) is -0.701. The second kappa shape index (κ2) is 10.3. The minimum Gasteiger partial charge on any atom is -0.496 e. The number of anilines is 2. The lowest BCUT2D eigenvalue weighted by Crippen LogP contribution is -2.28. The molecule has 0 unspecified atom stereocenters. The topological polar surface area (TPSA) is 64.8 Å². The Labute approximate surface area is 165 Å². The molecule has 1 amide bonds. The van der Waals surface area contributed by atoms with Gasteiger partial charge in [0.15, 0.2) is 0 Å². The summed E-state index contributed by atoms with van der Waals surface area (Å²) in [6.07, 6.45) is -3.38. The third-order valence-corrected chi connectivity index (χ3v) is 4.16. The maximum absolute atomic E-state index is 13.1. The van der Waals surface area contributed by atoms with E-state index in [1.54, 1.807) is 19.2 Å². The van der Waals surface area contributed by atoms with Crippen molar-refractivity contribution in [2.75, 3.05) is 25.1 Å². The van der Waals surface area contributed by atoms with Crippen LogP contribution in [0.2, 0.25) is 0 Å². The van der Waals surface area contributed by atoms with Crippen LogP contribution < -0.4 is 20.3 Å². The van der Waals surface area contributed by atoms with Crippen molar-refractivity contribution in [3.05, 3.63) is 45.3 Å². The van der Waals surface area contributed by atoms with E-state index in [2.05, 4.69) is 31.9 Å². The van der Waals surface area contributed by atoms with Gasteiger partial charge >= 0.3 is 12.3 Å². The van der Waals surface area contributed by atoms with Crippen molar-refractivity contribution in [3.8, 4) is 11.5 Å². The molecule has 0 radical (unpaired) electrons. The Morgan fingerprint density at radius 3 is 1.96 bits per heavy atom. The molecule has 0 spiro atoms. The largest absolute Gasteiger partial charge is 0.496 e. The van der Waals surface area contributed by atoms with Crippen LogP contribution in [0.1, 0.15) is 0 Å². The molecule has 0 saturated carbocycles. The van der Waals surface area contributed by atoms with Crippen molar-refractivity contribution in [2.45, 2.75) is 6.43 Å². The maximum atomic E-state index is 13.1. The van der Waals surface area contributed by atoms with Gasteiger partial charge < -0.3 is 15.2 Å². The summed E-state index contributed by atoms with van der Waals surface area (Å²) in [7, 11) is 3.02. The first kappa shape index (κ1) is 22.1. The number of nitrogen functional groups attached to an aromatic ring is 1. The van der Waals surface area contributed by atoms with Gasteiger partial charge in [0.1, 0.15) is 11.5 Å². The van der Waals surface area contributed by atoms with Crippen LogP contribution in [-0.2, 0) is 4.79 Å². The molecule has 0 fully saturated rings. The summed E-state index contributed by atoms with van der Waals surface area (Å²) in [6, 6.07) is 9.09. The van der Waals surface area contributed by atoms with Crippen molar-refractivity contribution in [1.82, 2.24) is 0 Å². The molecule has 0 bridgehead atoms. The van der Waals surface area contributed by atoms with Crippen molar-refractivity contribution in [3.63, 3.8) is 0 Å². The van der Waals surface area contributed by atoms with Gasteiger partial charge in [0, 0.05) is 5.69 Å². The summed E-state index contributed by atoms with van der Waals surface area (Å²) in [6.45, 7) is 0. The summed E-state index contributed by atoms with van der Waals surface area (Å²) in [4.78, 5) is 10.7. The molecule has 2 aromatic rings. The molecule has 0 aromatic heterocycles. The lowest BCUT2D eigenvalue weighted by atomic mass is 10.3. The first-order chi connectivity index (χ1) is 12.2. The maximum Gasteiger partial charge on any atom is 0.322 e. The zero-order valence-corrected chi connectivity index (χ0v) is 16.9. The Morgan fingerprint density at radius 2 is 1.54 bits per heavy atom. The fourth-order valence-corrected chi connectivity index (χ4v) is 2.76. The van der Waals surface area contributed by atoms with E-state index in [1.807, 2.05) is 6.07 Å². The van der Waals surface area contributed by atoms with Crippen LogP contribution >= 0.6 is 31.9 Å². The number of carbonyl (C=O) groups is 1. The summed E-state index contributed by atoms with van der Waals surface area (Å²) >= 11 is 6.35. The van der Waals surface area contributed by atoms with Gasteiger partial charge in [-0.15, -0.1) is 5.12 Å². The van der Waals surface area contributed by atoms with E-state index in [0.717, 1.165) is 22.0 Å². The van der Waals surface area contributed by atoms with Crippen molar-refractivity contribution < 1.29 is 27.5 Å². The van der Waals surface area contributed by atoms with Crippen LogP contribution in [0.25, 0.3) is 0 Å². The Bertz CT molecular complexity index is 764. The molecule has 0 saturated heterocycles. The molecular weight excluding hydrogens is 485 g/mol. The van der Waals surface area contributed by atoms with Crippen LogP contribution in [0, 0.1) is 0 Å². The number of rotatable bonds is 4. The third-order valence-electron chi connectivity index (χ3n) is 2.92. The normalized spacial score (nSPS) is 10.0. The number of nitrogens with zero attached hydrogens (tertiary/aromatic N) is 1. The number of hydrogen-bond acceptors (Lipinski definition) is 4. The van der Waals surface area contributed by atoms with Gasteiger partial charge in [-0.2, -0.15) is 8.78 Å². The van der Waals surface area contributed by atoms with Crippen molar-refractivity contribution >= 4 is 49.1 Å². The minimum atomic E-state index is -3.38. The fraction of sp³-hybridized carbons (Fsp3) is 0.188. The summed E-state index contributed by atoms with van der Waals surface area (Å²) in [5.41, 5.74) is 5.93. The molecule has 0 aliphatic rings. The van der Waals surface area contributed by atoms with Crippen molar-refractivity contribution in [2.24, 2.45) is 0 Å².